The van der Waals surface area contributed by atoms with Gasteiger partial charge in [-0.15, -0.1) is 0 Å². The Kier molecular flexibility index (Phi) is 9.35. The molecule has 3 aromatic rings. The maximum atomic E-state index is 13.7. The lowest BCUT2D eigenvalue weighted by atomic mass is 10.1. The van der Waals surface area contributed by atoms with E-state index in [0.717, 1.165) is 16.4 Å². The van der Waals surface area contributed by atoms with E-state index >= 15 is 0 Å². The van der Waals surface area contributed by atoms with E-state index in [2.05, 4.69) is 5.32 Å². The Morgan fingerprint density at radius 1 is 0.892 bits per heavy atom. The number of carbonyl (C=O) groups excluding carboxylic acids is 2. The second-order valence-electron chi connectivity index (χ2n) is 8.42. The van der Waals surface area contributed by atoms with Crippen LogP contribution in [-0.2, 0) is 26.2 Å². The Balaban J connectivity index is 1.99. The number of hydrogen-bond donors (Lipinski definition) is 1. The number of sulfonamides is 1. The van der Waals surface area contributed by atoms with Gasteiger partial charge in [0, 0.05) is 13.1 Å². The fourth-order valence-electron chi connectivity index (χ4n) is 3.62. The quantitative estimate of drug-likeness (QED) is 0.405. The molecule has 0 heterocycles. The zero-order chi connectivity index (χ0) is 27.0. The largest absolute Gasteiger partial charge is 0.354 e. The monoisotopic (exact) mass is 529 g/mol. The van der Waals surface area contributed by atoms with Crippen molar-refractivity contribution in [3.8, 4) is 0 Å². The van der Waals surface area contributed by atoms with E-state index in [9.17, 15) is 26.8 Å². The third-order valence-corrected chi connectivity index (χ3v) is 7.50. The van der Waals surface area contributed by atoms with Gasteiger partial charge in [0.2, 0.25) is 11.8 Å². The average Bonchev–Trinajstić information content (AvgIpc) is 2.90. The fraction of sp³-hybridized carbons (Fsp3) is 0.259. The molecule has 0 bridgehead atoms. The maximum absolute atomic E-state index is 13.7. The molecule has 1 atom stereocenters. The van der Waals surface area contributed by atoms with Gasteiger partial charge in [-0.1, -0.05) is 37.3 Å². The lowest BCUT2D eigenvalue weighted by Crippen LogP contribution is -2.51. The molecule has 0 saturated heterocycles. The van der Waals surface area contributed by atoms with Crippen LogP contribution in [0.1, 0.15) is 25.8 Å². The molecule has 0 spiro atoms. The van der Waals surface area contributed by atoms with E-state index in [1.54, 1.807) is 25.1 Å². The summed E-state index contributed by atoms with van der Waals surface area (Å²) in [4.78, 5) is 27.6. The van der Waals surface area contributed by atoms with Crippen molar-refractivity contribution in [1.29, 1.82) is 0 Å². The highest BCUT2D eigenvalue weighted by molar-refractivity contribution is 7.92. The van der Waals surface area contributed by atoms with E-state index < -0.39 is 46.1 Å². The van der Waals surface area contributed by atoms with Gasteiger partial charge in [-0.05, 0) is 67.4 Å². The molecule has 3 rings (SSSR count). The number of nitrogens with zero attached hydrogens (tertiary/aromatic N) is 2. The standard InChI is InChI=1S/C27H29F2N3O4S/c1-3-17-30-27(34)20(2)31(18-21-9-11-22(28)12-10-21)26(33)19-32(24-15-13-23(29)14-16-24)37(35,36)25-7-5-4-6-8-25/h4-16,20H,3,17-19H2,1-2H3,(H,30,34)/t20-/m1/s1. The maximum Gasteiger partial charge on any atom is 0.264 e. The molecule has 196 valence electrons. The first-order chi connectivity index (χ1) is 17.6. The minimum atomic E-state index is -4.22. The molecule has 10 heteroatoms. The number of halogens is 2. The van der Waals surface area contributed by atoms with Crippen molar-refractivity contribution in [1.82, 2.24) is 10.2 Å². The third kappa shape index (κ3) is 7.13. The molecule has 0 aromatic heterocycles. The van der Waals surface area contributed by atoms with Gasteiger partial charge in [0.15, 0.2) is 0 Å². The zero-order valence-corrected chi connectivity index (χ0v) is 21.4. The van der Waals surface area contributed by atoms with Crippen LogP contribution in [0.25, 0.3) is 0 Å². The van der Waals surface area contributed by atoms with Crippen molar-refractivity contribution in [2.24, 2.45) is 0 Å². The number of carbonyl (C=O) groups is 2. The van der Waals surface area contributed by atoms with Crippen molar-refractivity contribution in [2.45, 2.75) is 37.8 Å². The minimum absolute atomic E-state index is 0.0500. The Bertz CT molecular complexity index is 1300. The van der Waals surface area contributed by atoms with Crippen molar-refractivity contribution in [3.05, 3.63) is 96.1 Å². The molecular weight excluding hydrogens is 500 g/mol. The minimum Gasteiger partial charge on any atom is -0.354 e. The number of amides is 2. The summed E-state index contributed by atoms with van der Waals surface area (Å²) in [5.41, 5.74) is 0.646. The second-order valence-corrected chi connectivity index (χ2v) is 10.3. The van der Waals surface area contributed by atoms with E-state index in [1.807, 2.05) is 6.92 Å². The van der Waals surface area contributed by atoms with Crippen LogP contribution in [0.4, 0.5) is 14.5 Å². The molecule has 0 fully saturated rings. The first-order valence-corrected chi connectivity index (χ1v) is 13.2. The SMILES string of the molecule is CCCNC(=O)[C@@H](C)N(Cc1ccc(F)cc1)C(=O)CN(c1ccc(F)cc1)S(=O)(=O)c1ccccc1. The van der Waals surface area contributed by atoms with Crippen molar-refractivity contribution in [3.63, 3.8) is 0 Å². The Morgan fingerprint density at radius 3 is 2.03 bits per heavy atom. The predicted octanol–water partition coefficient (Wildman–Crippen LogP) is 4.10. The average molecular weight is 530 g/mol. The third-order valence-electron chi connectivity index (χ3n) is 5.71. The number of nitrogens with one attached hydrogen (secondary N) is 1. The highest BCUT2D eigenvalue weighted by Gasteiger charge is 2.32. The van der Waals surface area contributed by atoms with Crippen LogP contribution in [-0.4, -0.2) is 44.3 Å². The molecule has 0 aliphatic carbocycles. The summed E-state index contributed by atoms with van der Waals surface area (Å²) in [5.74, 6) is -2.08. The van der Waals surface area contributed by atoms with Gasteiger partial charge in [0.05, 0.1) is 10.6 Å². The van der Waals surface area contributed by atoms with Crippen LogP contribution in [0.15, 0.2) is 83.8 Å². The normalized spacial score (nSPS) is 12.0. The molecule has 0 unspecified atom stereocenters. The summed E-state index contributed by atoms with van der Waals surface area (Å²) in [6.07, 6.45) is 0.692. The molecule has 7 nitrogen and oxygen atoms in total. The smallest absolute Gasteiger partial charge is 0.264 e. The van der Waals surface area contributed by atoms with Crippen LogP contribution in [0.3, 0.4) is 0 Å². The molecule has 37 heavy (non-hydrogen) atoms. The van der Waals surface area contributed by atoms with Gasteiger partial charge in [-0.3, -0.25) is 13.9 Å². The predicted molar refractivity (Wildman–Crippen MR) is 137 cm³/mol. The first kappa shape index (κ1) is 27.8. The van der Waals surface area contributed by atoms with Gasteiger partial charge in [-0.2, -0.15) is 0 Å². The van der Waals surface area contributed by atoms with Gasteiger partial charge < -0.3 is 10.2 Å². The number of rotatable bonds is 11. The lowest BCUT2D eigenvalue weighted by Gasteiger charge is -2.32. The molecule has 0 aliphatic rings. The summed E-state index contributed by atoms with van der Waals surface area (Å²) in [7, 11) is -4.22. The van der Waals surface area contributed by atoms with Gasteiger partial charge >= 0.3 is 0 Å². The first-order valence-electron chi connectivity index (χ1n) is 11.8. The lowest BCUT2D eigenvalue weighted by molar-refractivity contribution is -0.139. The fourth-order valence-corrected chi connectivity index (χ4v) is 5.06. The number of benzene rings is 3. The molecule has 3 aromatic carbocycles. The number of hydrogen-bond acceptors (Lipinski definition) is 4. The van der Waals surface area contributed by atoms with Crippen molar-refractivity contribution in [2.75, 3.05) is 17.4 Å². The van der Waals surface area contributed by atoms with Crippen molar-refractivity contribution < 1.29 is 26.8 Å². The van der Waals surface area contributed by atoms with Crippen LogP contribution < -0.4 is 9.62 Å². The molecule has 1 N–H and O–H groups in total. The van der Waals surface area contributed by atoms with Crippen LogP contribution in [0.2, 0.25) is 0 Å². The van der Waals surface area contributed by atoms with Crippen LogP contribution in [0, 0.1) is 11.6 Å². The summed E-state index contributed by atoms with van der Waals surface area (Å²) in [6.45, 7) is 3.14. The van der Waals surface area contributed by atoms with Crippen LogP contribution in [0.5, 0.6) is 0 Å². The Labute approximate surface area is 215 Å². The summed E-state index contributed by atoms with van der Waals surface area (Å²) < 4.78 is 55.1. The highest BCUT2D eigenvalue weighted by atomic mass is 32.2. The van der Waals surface area contributed by atoms with Gasteiger partial charge in [0.1, 0.15) is 24.2 Å². The Morgan fingerprint density at radius 2 is 1.46 bits per heavy atom. The zero-order valence-electron chi connectivity index (χ0n) is 20.6. The summed E-state index contributed by atoms with van der Waals surface area (Å²) in [6, 6.07) is 16.8. The molecule has 0 radical (unpaired) electrons. The summed E-state index contributed by atoms with van der Waals surface area (Å²) in [5, 5.41) is 2.74. The van der Waals surface area contributed by atoms with E-state index in [-0.39, 0.29) is 17.1 Å². The molecule has 0 saturated carbocycles. The molecule has 0 aliphatic heterocycles. The second kappa shape index (κ2) is 12.4. The van der Waals surface area contributed by atoms with E-state index in [0.29, 0.717) is 18.5 Å². The van der Waals surface area contributed by atoms with Gasteiger partial charge in [-0.25, -0.2) is 17.2 Å². The van der Waals surface area contributed by atoms with Gasteiger partial charge in [0.25, 0.3) is 10.0 Å². The topological polar surface area (TPSA) is 86.8 Å². The molecular formula is C27H29F2N3O4S. The molecule has 2 amide bonds. The summed E-state index contributed by atoms with van der Waals surface area (Å²) >= 11 is 0. The van der Waals surface area contributed by atoms with E-state index in [4.69, 9.17) is 0 Å². The van der Waals surface area contributed by atoms with Crippen LogP contribution >= 0.6 is 0 Å². The Hall–Kier alpha value is -3.79. The van der Waals surface area contributed by atoms with E-state index in [1.165, 1.54) is 53.4 Å². The number of anilines is 1. The van der Waals surface area contributed by atoms with Crippen molar-refractivity contribution >= 4 is 27.5 Å². The highest BCUT2D eigenvalue weighted by Crippen LogP contribution is 2.25.